The lowest BCUT2D eigenvalue weighted by atomic mass is 10.2. The predicted octanol–water partition coefficient (Wildman–Crippen LogP) is 5.62. The van der Waals surface area contributed by atoms with Gasteiger partial charge < -0.3 is 5.32 Å². The van der Waals surface area contributed by atoms with Gasteiger partial charge in [-0.15, -0.1) is 0 Å². The van der Waals surface area contributed by atoms with Crippen molar-refractivity contribution in [3.63, 3.8) is 0 Å². The number of benzene rings is 3. The van der Waals surface area contributed by atoms with Crippen LogP contribution in [0.2, 0.25) is 15.1 Å². The second-order valence-corrected chi connectivity index (χ2v) is 9.74. The van der Waals surface area contributed by atoms with Crippen LogP contribution in [-0.4, -0.2) is 25.2 Å². The summed E-state index contributed by atoms with van der Waals surface area (Å²) in [4.78, 5) is 12.5. The third-order valence-electron chi connectivity index (χ3n) is 4.24. The Labute approximate surface area is 194 Å². The van der Waals surface area contributed by atoms with Gasteiger partial charge >= 0.3 is 0 Å². The van der Waals surface area contributed by atoms with Crippen LogP contribution in [0.5, 0.6) is 0 Å². The molecule has 0 radical (unpaired) electrons. The van der Waals surface area contributed by atoms with Crippen LogP contribution < -0.4 is 5.32 Å². The van der Waals surface area contributed by atoms with Crippen LogP contribution >= 0.6 is 34.8 Å². The zero-order valence-electron chi connectivity index (χ0n) is 15.9. The van der Waals surface area contributed by atoms with Crippen molar-refractivity contribution in [1.29, 1.82) is 0 Å². The molecule has 0 aromatic heterocycles. The van der Waals surface area contributed by atoms with Crippen LogP contribution in [0.15, 0.2) is 71.6 Å². The van der Waals surface area contributed by atoms with E-state index in [0.717, 1.165) is 10.4 Å². The van der Waals surface area contributed by atoms with E-state index >= 15 is 0 Å². The maximum Gasteiger partial charge on any atom is 0.243 e. The maximum absolute atomic E-state index is 13.4. The molecule has 0 aliphatic carbocycles. The summed E-state index contributed by atoms with van der Waals surface area (Å²) in [7, 11) is -4.09. The summed E-state index contributed by atoms with van der Waals surface area (Å²) in [5, 5.41) is 3.52. The largest absolute Gasteiger partial charge is 0.325 e. The molecule has 162 valence electrons. The summed E-state index contributed by atoms with van der Waals surface area (Å²) in [6, 6.07) is 15.5. The SMILES string of the molecule is O=C(CN(Cc1ccc(Cl)cc1Cl)S(=O)(=O)c1ccc(Cl)cc1)Nc1cccc(F)c1. The highest BCUT2D eigenvalue weighted by atomic mass is 35.5. The van der Waals surface area contributed by atoms with Crippen molar-refractivity contribution in [3.8, 4) is 0 Å². The number of sulfonamides is 1. The number of hydrogen-bond acceptors (Lipinski definition) is 3. The zero-order valence-corrected chi connectivity index (χ0v) is 18.9. The molecule has 3 aromatic carbocycles. The zero-order chi connectivity index (χ0) is 22.6. The molecule has 1 amide bonds. The Morgan fingerprint density at radius 1 is 0.935 bits per heavy atom. The molecule has 5 nitrogen and oxygen atoms in total. The van der Waals surface area contributed by atoms with E-state index in [1.165, 1.54) is 48.5 Å². The molecule has 3 aromatic rings. The first kappa shape index (κ1) is 23.5. The molecule has 0 atom stereocenters. The first-order valence-corrected chi connectivity index (χ1v) is 11.5. The van der Waals surface area contributed by atoms with Gasteiger partial charge in [0.25, 0.3) is 0 Å². The molecule has 0 aliphatic heterocycles. The van der Waals surface area contributed by atoms with Crippen molar-refractivity contribution in [3.05, 3.63) is 93.2 Å². The van der Waals surface area contributed by atoms with Gasteiger partial charge in [-0.3, -0.25) is 4.79 Å². The molecule has 0 saturated heterocycles. The van der Waals surface area contributed by atoms with Crippen molar-refractivity contribution < 1.29 is 17.6 Å². The first-order chi connectivity index (χ1) is 14.6. The van der Waals surface area contributed by atoms with Gasteiger partial charge in [0.1, 0.15) is 5.82 Å². The quantitative estimate of drug-likeness (QED) is 0.457. The minimum absolute atomic E-state index is 0.0412. The summed E-state index contributed by atoms with van der Waals surface area (Å²) in [5.41, 5.74) is 0.667. The normalized spacial score (nSPS) is 11.5. The average Bonchev–Trinajstić information content (AvgIpc) is 2.69. The van der Waals surface area contributed by atoms with E-state index < -0.39 is 28.3 Å². The second kappa shape index (κ2) is 9.97. The highest BCUT2D eigenvalue weighted by Crippen LogP contribution is 2.26. The summed E-state index contributed by atoms with van der Waals surface area (Å²) in [6.07, 6.45) is 0. The fourth-order valence-electron chi connectivity index (χ4n) is 2.75. The molecule has 10 heteroatoms. The summed E-state index contributed by atoms with van der Waals surface area (Å²) in [6.45, 7) is -0.710. The minimum Gasteiger partial charge on any atom is -0.325 e. The van der Waals surface area contributed by atoms with Crippen molar-refractivity contribution in [2.45, 2.75) is 11.4 Å². The van der Waals surface area contributed by atoms with Crippen LogP contribution in [0.1, 0.15) is 5.56 Å². The van der Waals surface area contributed by atoms with E-state index in [1.54, 1.807) is 12.1 Å². The van der Waals surface area contributed by atoms with Crippen LogP contribution in [-0.2, 0) is 21.4 Å². The molecule has 0 fully saturated rings. The molecule has 0 bridgehead atoms. The van der Waals surface area contributed by atoms with Crippen molar-refractivity contribution in [2.24, 2.45) is 0 Å². The molecule has 31 heavy (non-hydrogen) atoms. The number of hydrogen-bond donors (Lipinski definition) is 1. The number of carbonyl (C=O) groups excluding carboxylic acids is 1. The lowest BCUT2D eigenvalue weighted by Gasteiger charge is -2.22. The van der Waals surface area contributed by atoms with Gasteiger partial charge in [0.15, 0.2) is 0 Å². The van der Waals surface area contributed by atoms with Gasteiger partial charge in [0.05, 0.1) is 11.4 Å². The van der Waals surface area contributed by atoms with Crippen molar-refractivity contribution >= 4 is 56.4 Å². The highest BCUT2D eigenvalue weighted by molar-refractivity contribution is 7.89. The molecule has 1 N–H and O–H groups in total. The van der Waals surface area contributed by atoms with Crippen LogP contribution in [0.3, 0.4) is 0 Å². The number of carbonyl (C=O) groups is 1. The number of nitrogens with zero attached hydrogens (tertiary/aromatic N) is 1. The Balaban J connectivity index is 1.91. The average molecular weight is 502 g/mol. The van der Waals surface area contributed by atoms with Gasteiger partial charge in [-0.25, -0.2) is 12.8 Å². The van der Waals surface area contributed by atoms with E-state index in [9.17, 15) is 17.6 Å². The summed E-state index contributed by atoms with van der Waals surface area (Å²) in [5.74, 6) is -1.18. The number of halogens is 4. The fourth-order valence-corrected chi connectivity index (χ4v) is 4.72. The van der Waals surface area contributed by atoms with E-state index in [4.69, 9.17) is 34.8 Å². The Morgan fingerprint density at radius 2 is 1.61 bits per heavy atom. The van der Waals surface area contributed by atoms with Crippen molar-refractivity contribution in [1.82, 2.24) is 4.31 Å². The van der Waals surface area contributed by atoms with Crippen LogP contribution in [0, 0.1) is 5.82 Å². The van der Waals surface area contributed by atoms with Gasteiger partial charge in [-0.05, 0) is 60.2 Å². The van der Waals surface area contributed by atoms with Crippen LogP contribution in [0.4, 0.5) is 10.1 Å². The number of nitrogens with one attached hydrogen (secondary N) is 1. The highest BCUT2D eigenvalue weighted by Gasteiger charge is 2.27. The van der Waals surface area contributed by atoms with E-state index in [0.29, 0.717) is 15.6 Å². The monoisotopic (exact) mass is 500 g/mol. The Morgan fingerprint density at radius 3 is 2.26 bits per heavy atom. The Kier molecular flexibility index (Phi) is 7.56. The predicted molar refractivity (Wildman–Crippen MR) is 121 cm³/mol. The van der Waals surface area contributed by atoms with Gasteiger partial charge in [-0.2, -0.15) is 4.31 Å². The van der Waals surface area contributed by atoms with E-state index in [2.05, 4.69) is 5.32 Å². The summed E-state index contributed by atoms with van der Waals surface area (Å²) < 4.78 is 40.9. The lowest BCUT2D eigenvalue weighted by Crippen LogP contribution is -2.37. The second-order valence-electron chi connectivity index (χ2n) is 6.52. The van der Waals surface area contributed by atoms with Crippen molar-refractivity contribution in [2.75, 3.05) is 11.9 Å². The summed E-state index contributed by atoms with van der Waals surface area (Å²) >= 11 is 18.0. The molecule has 0 heterocycles. The Hall–Kier alpha value is -2.16. The van der Waals surface area contributed by atoms with E-state index in [1.807, 2.05) is 0 Å². The molecular weight excluding hydrogens is 486 g/mol. The smallest absolute Gasteiger partial charge is 0.243 e. The number of amides is 1. The first-order valence-electron chi connectivity index (χ1n) is 8.90. The standard InChI is InChI=1S/C21H16Cl3FN2O3S/c22-15-6-8-19(9-7-15)31(29,30)27(12-14-4-5-16(23)10-20(14)24)13-21(28)26-18-3-1-2-17(25)11-18/h1-11H,12-13H2,(H,26,28). The fraction of sp³-hybridized carbons (Fsp3) is 0.0952. The van der Waals surface area contributed by atoms with Gasteiger partial charge in [-0.1, -0.05) is 46.9 Å². The molecule has 0 unspecified atom stereocenters. The Bertz CT molecular complexity index is 1200. The molecule has 0 aliphatic rings. The molecule has 0 saturated carbocycles. The molecular formula is C21H16Cl3FN2O3S. The molecule has 0 spiro atoms. The third-order valence-corrected chi connectivity index (χ3v) is 6.89. The van der Waals surface area contributed by atoms with E-state index in [-0.39, 0.29) is 22.2 Å². The maximum atomic E-state index is 13.4. The third kappa shape index (κ3) is 6.18. The van der Waals surface area contributed by atoms with Crippen LogP contribution in [0.25, 0.3) is 0 Å². The number of rotatable bonds is 7. The topological polar surface area (TPSA) is 66.5 Å². The number of anilines is 1. The van der Waals surface area contributed by atoms with Gasteiger partial charge in [0.2, 0.25) is 15.9 Å². The lowest BCUT2D eigenvalue weighted by molar-refractivity contribution is -0.116. The molecule has 3 rings (SSSR count). The van der Waals surface area contributed by atoms with Gasteiger partial charge in [0, 0.05) is 27.3 Å². The minimum atomic E-state index is -4.09.